The van der Waals surface area contributed by atoms with Crippen LogP contribution >= 0.6 is 11.3 Å². The normalized spacial score (nSPS) is 10.8. The van der Waals surface area contributed by atoms with E-state index < -0.39 is 11.6 Å². The van der Waals surface area contributed by atoms with Gasteiger partial charge in [-0.25, -0.2) is 4.98 Å². The first-order valence-corrected chi connectivity index (χ1v) is 8.85. The molecule has 3 heterocycles. The lowest BCUT2D eigenvalue weighted by molar-refractivity contribution is -0.114. The minimum absolute atomic E-state index is 0.00369. The van der Waals surface area contributed by atoms with Crippen LogP contribution in [0.2, 0.25) is 0 Å². The highest BCUT2D eigenvalue weighted by molar-refractivity contribution is 7.14. The predicted molar refractivity (Wildman–Crippen MR) is 99.0 cm³/mol. The van der Waals surface area contributed by atoms with E-state index in [0.717, 1.165) is 27.3 Å². The summed E-state index contributed by atoms with van der Waals surface area (Å²) >= 11 is 1.64. The number of carbonyl (C=O) groups is 2. The van der Waals surface area contributed by atoms with Crippen molar-refractivity contribution < 1.29 is 9.59 Å². The molecule has 0 radical (unpaired) electrons. The van der Waals surface area contributed by atoms with Gasteiger partial charge in [0.1, 0.15) is 6.33 Å². The molecule has 0 atom stereocenters. The van der Waals surface area contributed by atoms with Crippen molar-refractivity contribution in [3.05, 3.63) is 71.8 Å². The number of Topliss-reactive ketones (excluding diaryl/α,β-unsaturated/α-hetero) is 2. The Labute approximate surface area is 152 Å². The molecule has 0 aliphatic rings. The summed E-state index contributed by atoms with van der Waals surface area (Å²) in [7, 11) is 0. The molecule has 2 N–H and O–H groups in total. The van der Waals surface area contributed by atoms with Crippen LogP contribution in [0.3, 0.4) is 0 Å². The van der Waals surface area contributed by atoms with Crippen LogP contribution in [-0.4, -0.2) is 31.7 Å². The topological polar surface area (TPSA) is 91.5 Å². The van der Waals surface area contributed by atoms with Crippen molar-refractivity contribution in [1.82, 2.24) is 20.2 Å². The fraction of sp³-hybridized carbons (Fsp3) is 0.0526. The second-order valence-corrected chi connectivity index (χ2v) is 6.58. The molecular weight excluding hydrogens is 348 g/mol. The zero-order valence-corrected chi connectivity index (χ0v) is 14.4. The van der Waals surface area contributed by atoms with Crippen LogP contribution in [-0.2, 0) is 11.2 Å². The lowest BCUT2D eigenvalue weighted by atomic mass is 10.0. The molecule has 0 aliphatic heterocycles. The Balaban J connectivity index is 1.64. The second-order valence-electron chi connectivity index (χ2n) is 5.66. The number of thiophene rings is 1. The smallest absolute Gasteiger partial charge is 0.267 e. The summed E-state index contributed by atoms with van der Waals surface area (Å²) in [6.45, 7) is 0. The lowest BCUT2D eigenvalue weighted by Gasteiger charge is -2.06. The Hall–Kier alpha value is -3.32. The molecule has 0 fully saturated rings. The van der Waals surface area contributed by atoms with E-state index in [0.29, 0.717) is 0 Å². The van der Waals surface area contributed by atoms with Crippen molar-refractivity contribution in [2.75, 3.05) is 0 Å². The van der Waals surface area contributed by atoms with E-state index in [9.17, 15) is 9.59 Å². The molecule has 0 spiro atoms. The number of carbonyl (C=O) groups excluding carboxylic acids is 2. The first kappa shape index (κ1) is 16.2. The first-order chi connectivity index (χ1) is 12.7. The van der Waals surface area contributed by atoms with E-state index in [1.807, 2.05) is 35.7 Å². The van der Waals surface area contributed by atoms with Gasteiger partial charge < -0.3 is 4.98 Å². The van der Waals surface area contributed by atoms with Gasteiger partial charge in [-0.3, -0.25) is 14.7 Å². The molecule has 0 amide bonds. The third-order valence-electron chi connectivity index (χ3n) is 4.03. The van der Waals surface area contributed by atoms with E-state index in [2.05, 4.69) is 32.3 Å². The van der Waals surface area contributed by atoms with Gasteiger partial charge in [0.2, 0.25) is 11.6 Å². The van der Waals surface area contributed by atoms with Crippen molar-refractivity contribution >= 4 is 22.9 Å². The number of benzene rings is 1. The molecule has 3 aromatic heterocycles. The average Bonchev–Trinajstić information content (AvgIpc) is 3.42. The quantitative estimate of drug-likeness (QED) is 0.405. The minimum Gasteiger partial charge on any atom is -0.361 e. The van der Waals surface area contributed by atoms with Gasteiger partial charge in [-0.2, -0.15) is 0 Å². The van der Waals surface area contributed by atoms with Crippen molar-refractivity contribution in [2.24, 2.45) is 0 Å². The SMILES string of the molecule is O=C(Cc1cc[nH]c1-c1ccsc1-c1ccccc1)C(=O)c1nc[nH]n1. The van der Waals surface area contributed by atoms with Crippen LogP contribution in [0.25, 0.3) is 21.7 Å². The van der Waals surface area contributed by atoms with Gasteiger partial charge in [-0.15, -0.1) is 16.4 Å². The van der Waals surface area contributed by atoms with E-state index >= 15 is 0 Å². The number of hydrogen-bond donors (Lipinski definition) is 2. The molecule has 0 saturated carbocycles. The maximum absolute atomic E-state index is 12.3. The van der Waals surface area contributed by atoms with Crippen molar-refractivity contribution in [2.45, 2.75) is 6.42 Å². The summed E-state index contributed by atoms with van der Waals surface area (Å²) in [6.07, 6.45) is 3.05. The maximum atomic E-state index is 12.3. The summed E-state index contributed by atoms with van der Waals surface area (Å²) in [5, 5.41) is 8.14. The molecule has 6 nitrogen and oxygen atoms in total. The van der Waals surface area contributed by atoms with Gasteiger partial charge in [-0.05, 0) is 28.6 Å². The zero-order chi connectivity index (χ0) is 17.9. The van der Waals surface area contributed by atoms with Crippen LogP contribution in [0.15, 0.2) is 60.4 Å². The summed E-state index contributed by atoms with van der Waals surface area (Å²) in [5.41, 5.74) is 3.75. The van der Waals surface area contributed by atoms with Crippen LogP contribution in [0.4, 0.5) is 0 Å². The summed E-state index contributed by atoms with van der Waals surface area (Å²) in [5.74, 6) is -1.33. The van der Waals surface area contributed by atoms with Crippen molar-refractivity contribution in [3.63, 3.8) is 0 Å². The van der Waals surface area contributed by atoms with Gasteiger partial charge in [0, 0.05) is 23.1 Å². The number of ketones is 2. The molecule has 26 heavy (non-hydrogen) atoms. The van der Waals surface area contributed by atoms with Gasteiger partial charge >= 0.3 is 0 Å². The van der Waals surface area contributed by atoms with Crippen molar-refractivity contribution in [1.29, 1.82) is 0 Å². The molecule has 1 aromatic carbocycles. The standard InChI is InChI=1S/C19H14N4O2S/c24-15(17(25)19-21-11-22-23-19)10-13-6-8-20-16(13)14-7-9-26-18(14)12-4-2-1-3-5-12/h1-9,11,20H,10H2,(H,21,22,23). The van der Waals surface area contributed by atoms with Gasteiger partial charge in [0.25, 0.3) is 5.78 Å². The summed E-state index contributed by atoms with van der Waals surface area (Å²) < 4.78 is 0. The number of hydrogen-bond acceptors (Lipinski definition) is 5. The molecule has 0 bridgehead atoms. The minimum atomic E-state index is -0.688. The summed E-state index contributed by atoms with van der Waals surface area (Å²) in [4.78, 5) is 32.5. The highest BCUT2D eigenvalue weighted by Gasteiger charge is 2.22. The molecule has 7 heteroatoms. The Bertz CT molecular complexity index is 1050. The number of rotatable bonds is 6. The maximum Gasteiger partial charge on any atom is 0.267 e. The fourth-order valence-electron chi connectivity index (χ4n) is 2.82. The number of aromatic nitrogens is 4. The molecule has 4 aromatic rings. The van der Waals surface area contributed by atoms with Gasteiger partial charge in [0.05, 0.1) is 5.69 Å². The second kappa shape index (κ2) is 6.89. The Kier molecular flexibility index (Phi) is 4.28. The van der Waals surface area contributed by atoms with Crippen LogP contribution in [0.1, 0.15) is 16.2 Å². The van der Waals surface area contributed by atoms with Gasteiger partial charge in [-0.1, -0.05) is 30.3 Å². The number of nitrogens with zero attached hydrogens (tertiary/aromatic N) is 2. The zero-order valence-electron chi connectivity index (χ0n) is 13.6. The number of H-pyrrole nitrogens is 2. The Morgan fingerprint density at radius 2 is 1.92 bits per heavy atom. The van der Waals surface area contributed by atoms with Crippen LogP contribution in [0.5, 0.6) is 0 Å². The van der Waals surface area contributed by atoms with Crippen LogP contribution in [0, 0.1) is 0 Å². The molecule has 0 unspecified atom stereocenters. The highest BCUT2D eigenvalue weighted by Crippen LogP contribution is 2.37. The number of nitrogens with one attached hydrogen (secondary N) is 2. The molecule has 4 rings (SSSR count). The monoisotopic (exact) mass is 362 g/mol. The van der Waals surface area contributed by atoms with Crippen LogP contribution < -0.4 is 0 Å². The van der Waals surface area contributed by atoms with E-state index in [4.69, 9.17) is 0 Å². The average molecular weight is 362 g/mol. The molecule has 0 saturated heterocycles. The van der Waals surface area contributed by atoms with Gasteiger partial charge in [0.15, 0.2) is 0 Å². The molecular formula is C19H14N4O2S. The Morgan fingerprint density at radius 3 is 2.69 bits per heavy atom. The van der Waals surface area contributed by atoms with E-state index in [1.165, 1.54) is 6.33 Å². The lowest BCUT2D eigenvalue weighted by Crippen LogP contribution is -2.18. The Morgan fingerprint density at radius 1 is 1.08 bits per heavy atom. The predicted octanol–water partition coefficient (Wildman–Crippen LogP) is 3.52. The molecule has 0 aliphatic carbocycles. The molecule has 128 valence electrons. The van der Waals surface area contributed by atoms with E-state index in [-0.39, 0.29) is 12.2 Å². The largest absolute Gasteiger partial charge is 0.361 e. The fourth-order valence-corrected chi connectivity index (χ4v) is 3.72. The third kappa shape index (κ3) is 3.00. The third-order valence-corrected chi connectivity index (χ3v) is 4.99. The van der Waals surface area contributed by atoms with E-state index in [1.54, 1.807) is 17.5 Å². The first-order valence-electron chi connectivity index (χ1n) is 7.97. The highest BCUT2D eigenvalue weighted by atomic mass is 32.1. The van der Waals surface area contributed by atoms with Crippen molar-refractivity contribution in [3.8, 4) is 21.7 Å². The summed E-state index contributed by atoms with van der Waals surface area (Å²) in [6, 6.07) is 13.9. The number of aromatic amines is 2.